The summed E-state index contributed by atoms with van der Waals surface area (Å²) >= 11 is 0. The highest BCUT2D eigenvalue weighted by Gasteiger charge is 2.36. The summed E-state index contributed by atoms with van der Waals surface area (Å²) in [6, 6.07) is 13.7. The van der Waals surface area contributed by atoms with Crippen LogP contribution in [0.2, 0.25) is 0 Å². The third kappa shape index (κ3) is 2.90. The molecule has 182 valence electrons. The minimum Gasteiger partial charge on any atom is -0.464 e. The van der Waals surface area contributed by atoms with Gasteiger partial charge >= 0.3 is 5.69 Å². The summed E-state index contributed by atoms with van der Waals surface area (Å²) in [5.74, 6) is 0.911. The lowest BCUT2D eigenvalue weighted by Gasteiger charge is -2.30. The summed E-state index contributed by atoms with van der Waals surface area (Å²) in [4.78, 5) is 26.8. The molecule has 0 radical (unpaired) electrons. The molecule has 3 aromatic heterocycles. The number of hydrogen-bond acceptors (Lipinski definition) is 4. The van der Waals surface area contributed by atoms with Gasteiger partial charge in [-0.25, -0.2) is 9.18 Å². The van der Waals surface area contributed by atoms with Crippen LogP contribution in [-0.4, -0.2) is 13.7 Å². The van der Waals surface area contributed by atoms with E-state index in [-0.39, 0.29) is 10.9 Å². The predicted octanol–water partition coefficient (Wildman–Crippen LogP) is 4.87. The van der Waals surface area contributed by atoms with E-state index in [0.29, 0.717) is 22.7 Å². The predicted molar refractivity (Wildman–Crippen MR) is 138 cm³/mol. The maximum absolute atomic E-state index is 15.4. The highest BCUT2D eigenvalue weighted by atomic mass is 19.1. The summed E-state index contributed by atoms with van der Waals surface area (Å²) < 4.78 is 25.9. The highest BCUT2D eigenvalue weighted by Crippen LogP contribution is 2.46. The maximum Gasteiger partial charge on any atom is 0.331 e. The summed E-state index contributed by atoms with van der Waals surface area (Å²) in [5.41, 5.74) is 4.58. The summed E-state index contributed by atoms with van der Waals surface area (Å²) in [6.07, 6.45) is 0. The van der Waals surface area contributed by atoms with Gasteiger partial charge in [-0.2, -0.15) is 0 Å². The molecule has 4 heterocycles. The van der Waals surface area contributed by atoms with Gasteiger partial charge in [-0.05, 0) is 68.3 Å². The first-order valence-corrected chi connectivity index (χ1v) is 11.7. The first-order chi connectivity index (χ1) is 17.2. The first-order valence-electron chi connectivity index (χ1n) is 11.7. The minimum atomic E-state index is -0.519. The van der Waals surface area contributed by atoms with Crippen molar-refractivity contribution >= 4 is 16.6 Å². The molecule has 0 bridgehead atoms. The number of benzene rings is 2. The number of hydrogen-bond donors (Lipinski definition) is 1. The number of nitrogens with zero attached hydrogens (tertiary/aromatic N) is 3. The van der Waals surface area contributed by atoms with Crippen LogP contribution in [0.5, 0.6) is 0 Å². The van der Waals surface area contributed by atoms with E-state index in [1.807, 2.05) is 49.6 Å². The van der Waals surface area contributed by atoms with Crippen molar-refractivity contribution in [3.63, 3.8) is 0 Å². The van der Waals surface area contributed by atoms with Gasteiger partial charge in [0.1, 0.15) is 23.4 Å². The van der Waals surface area contributed by atoms with E-state index in [2.05, 4.69) is 5.32 Å². The Morgan fingerprint density at radius 1 is 0.944 bits per heavy atom. The number of anilines is 1. The summed E-state index contributed by atoms with van der Waals surface area (Å²) in [6.45, 7) is 5.90. The molecule has 8 heteroatoms. The zero-order chi connectivity index (χ0) is 25.5. The average molecular weight is 485 g/mol. The Balaban J connectivity index is 1.90. The molecule has 36 heavy (non-hydrogen) atoms. The van der Waals surface area contributed by atoms with Crippen molar-refractivity contribution in [2.75, 3.05) is 5.32 Å². The van der Waals surface area contributed by atoms with Crippen molar-refractivity contribution in [3.8, 4) is 16.9 Å². The van der Waals surface area contributed by atoms with Crippen LogP contribution in [0.15, 0.2) is 62.5 Å². The summed E-state index contributed by atoms with van der Waals surface area (Å²) in [7, 11) is 3.08. The average Bonchev–Trinajstić information content (AvgIpc) is 3.44. The molecule has 6 rings (SSSR count). The maximum atomic E-state index is 15.4. The van der Waals surface area contributed by atoms with E-state index in [0.717, 1.165) is 32.8 Å². The number of fused-ring (bicyclic) bond motifs is 5. The lowest BCUT2D eigenvalue weighted by Crippen LogP contribution is -2.37. The van der Waals surface area contributed by atoms with E-state index < -0.39 is 23.1 Å². The molecular formula is C28H25FN4O3. The van der Waals surface area contributed by atoms with Gasteiger partial charge in [-0.3, -0.25) is 13.9 Å². The highest BCUT2D eigenvalue weighted by molar-refractivity contribution is 5.99. The van der Waals surface area contributed by atoms with Crippen LogP contribution in [-0.2, 0) is 14.1 Å². The topological polar surface area (TPSA) is 74.1 Å². The second-order valence-electron chi connectivity index (χ2n) is 9.46. The number of aromatic nitrogens is 3. The van der Waals surface area contributed by atoms with Crippen molar-refractivity contribution < 1.29 is 8.81 Å². The number of halogens is 1. The lowest BCUT2D eigenvalue weighted by atomic mass is 10.0. The third-order valence-corrected chi connectivity index (χ3v) is 7.21. The zero-order valence-electron chi connectivity index (χ0n) is 20.6. The quantitative estimate of drug-likeness (QED) is 0.388. The van der Waals surface area contributed by atoms with Crippen molar-refractivity contribution in [1.29, 1.82) is 0 Å². The molecule has 0 aliphatic carbocycles. The van der Waals surface area contributed by atoms with Gasteiger partial charge in [0.05, 0.1) is 33.7 Å². The van der Waals surface area contributed by atoms with Gasteiger partial charge in [0.25, 0.3) is 5.56 Å². The van der Waals surface area contributed by atoms with E-state index >= 15 is 4.39 Å². The Hall–Kier alpha value is -4.33. The zero-order valence-corrected chi connectivity index (χ0v) is 20.6. The van der Waals surface area contributed by atoms with Gasteiger partial charge in [0.2, 0.25) is 0 Å². The van der Waals surface area contributed by atoms with Gasteiger partial charge < -0.3 is 14.3 Å². The SMILES string of the molecule is Cc1ccc([C@H]2Nc3cc(C)c(C)cc3-n3c(-c4ccccc4F)c4c(=O)n(C)c(=O)n(C)c4c32)o1. The molecule has 2 aromatic carbocycles. The molecule has 7 nitrogen and oxygen atoms in total. The van der Waals surface area contributed by atoms with Crippen molar-refractivity contribution in [3.05, 3.63) is 104 Å². The Kier molecular flexibility index (Phi) is 4.67. The fourth-order valence-electron chi connectivity index (χ4n) is 5.26. The molecular weight excluding hydrogens is 459 g/mol. The molecule has 0 saturated heterocycles. The van der Waals surface area contributed by atoms with Crippen LogP contribution < -0.4 is 16.6 Å². The van der Waals surface area contributed by atoms with E-state index in [4.69, 9.17) is 4.42 Å². The lowest BCUT2D eigenvalue weighted by molar-refractivity contribution is 0.469. The number of rotatable bonds is 2. The normalized spacial score (nSPS) is 14.6. The van der Waals surface area contributed by atoms with E-state index in [1.54, 1.807) is 25.2 Å². The van der Waals surface area contributed by atoms with Gasteiger partial charge in [0, 0.05) is 19.7 Å². The standard InChI is InChI=1S/C28H25FN4O3/c1-14-12-19-20(13-15(14)2)33-24(17-8-6-7-9-18(17)29)22-25(31(4)28(35)32(5)27(22)34)26(33)23(30-19)21-11-10-16(3)36-21/h6-13,23,30H,1-5H3/t23-/m1/s1. The van der Waals surface area contributed by atoms with Crippen LogP contribution in [0, 0.1) is 26.6 Å². The molecule has 1 atom stereocenters. The largest absolute Gasteiger partial charge is 0.464 e. The minimum absolute atomic E-state index is 0.279. The summed E-state index contributed by atoms with van der Waals surface area (Å²) in [5, 5.41) is 3.85. The number of furan rings is 1. The van der Waals surface area contributed by atoms with Gasteiger partial charge in [-0.15, -0.1) is 0 Å². The van der Waals surface area contributed by atoms with Crippen LogP contribution in [0.1, 0.15) is 34.4 Å². The number of nitrogens with one attached hydrogen (secondary N) is 1. The molecule has 1 aliphatic rings. The molecule has 0 spiro atoms. The van der Waals surface area contributed by atoms with E-state index in [1.165, 1.54) is 17.7 Å². The molecule has 0 amide bonds. The molecule has 0 fully saturated rings. The van der Waals surface area contributed by atoms with Crippen LogP contribution in [0.3, 0.4) is 0 Å². The van der Waals surface area contributed by atoms with Crippen molar-refractivity contribution in [2.45, 2.75) is 26.8 Å². The fraction of sp³-hybridized carbons (Fsp3) is 0.214. The van der Waals surface area contributed by atoms with Crippen LogP contribution in [0.4, 0.5) is 10.1 Å². The van der Waals surface area contributed by atoms with Crippen LogP contribution in [0.25, 0.3) is 27.8 Å². The monoisotopic (exact) mass is 484 g/mol. The van der Waals surface area contributed by atoms with Gasteiger partial charge in [-0.1, -0.05) is 12.1 Å². The van der Waals surface area contributed by atoms with Crippen molar-refractivity contribution in [1.82, 2.24) is 13.7 Å². The number of aryl methyl sites for hydroxylation is 4. The Bertz CT molecular complexity index is 1840. The Morgan fingerprint density at radius 3 is 2.36 bits per heavy atom. The Labute approximate surface area is 206 Å². The smallest absolute Gasteiger partial charge is 0.331 e. The fourth-order valence-corrected chi connectivity index (χ4v) is 5.26. The third-order valence-electron chi connectivity index (χ3n) is 7.21. The molecule has 0 saturated carbocycles. The second kappa shape index (κ2) is 7.58. The van der Waals surface area contributed by atoms with Crippen LogP contribution >= 0.6 is 0 Å². The molecule has 1 aliphatic heterocycles. The Morgan fingerprint density at radius 2 is 1.67 bits per heavy atom. The molecule has 5 aromatic rings. The molecule has 0 unspecified atom stereocenters. The molecule has 1 N–H and O–H groups in total. The van der Waals surface area contributed by atoms with E-state index in [9.17, 15) is 9.59 Å². The first kappa shape index (κ1) is 22.2. The van der Waals surface area contributed by atoms with Crippen molar-refractivity contribution in [2.24, 2.45) is 14.1 Å². The van der Waals surface area contributed by atoms with Gasteiger partial charge in [0.15, 0.2) is 0 Å². The second-order valence-corrected chi connectivity index (χ2v) is 9.46.